The molecule has 3 aliphatic heterocycles. The second-order valence-corrected chi connectivity index (χ2v) is 14.4. The Morgan fingerprint density at radius 3 is 2.05 bits per heavy atom. The summed E-state index contributed by atoms with van der Waals surface area (Å²) < 4.78 is 2.81. The van der Waals surface area contributed by atoms with Crippen LogP contribution in [0.2, 0.25) is 0 Å². The summed E-state index contributed by atoms with van der Waals surface area (Å²) in [7, 11) is 0. The van der Waals surface area contributed by atoms with Crippen molar-refractivity contribution in [3.63, 3.8) is 0 Å². The van der Waals surface area contributed by atoms with Gasteiger partial charge in [-0.15, -0.1) is 0 Å². The molecule has 0 amide bonds. The minimum absolute atomic E-state index is 0.673. The number of hydrogen-bond donors (Lipinski definition) is 0. The van der Waals surface area contributed by atoms with Gasteiger partial charge in [0.25, 0.3) is 0 Å². The van der Waals surface area contributed by atoms with E-state index < -0.39 is 0 Å². The van der Waals surface area contributed by atoms with Crippen molar-refractivity contribution in [2.24, 2.45) is 5.92 Å². The van der Waals surface area contributed by atoms with Crippen LogP contribution >= 0.6 is 47.0 Å². The average molecular weight is 562 g/mol. The highest BCUT2D eigenvalue weighted by Crippen LogP contribution is 2.42. The van der Waals surface area contributed by atoms with Crippen LogP contribution in [0.1, 0.15) is 58.8 Å². The largest absolute Gasteiger partial charge is 0.369 e. The first kappa shape index (κ1) is 25.9. The van der Waals surface area contributed by atoms with Gasteiger partial charge in [-0.05, 0) is 80.5 Å². The second kappa shape index (κ2) is 11.8. The quantitative estimate of drug-likeness (QED) is 0.263. The lowest BCUT2D eigenvalue weighted by molar-refractivity contribution is 0.384. The SMILES string of the molecule is CCCCC(CC)CC1CCCN1c1ccc2c(=C3SC=CS3)c3ccccc3c(=C3SC=CS3)c2c1. The monoisotopic (exact) mass is 561 g/mol. The van der Waals surface area contributed by atoms with Gasteiger partial charge < -0.3 is 4.90 Å². The van der Waals surface area contributed by atoms with E-state index >= 15 is 0 Å². The molecule has 1 fully saturated rings. The fourth-order valence-corrected chi connectivity index (χ4v) is 10.1. The molecule has 0 radical (unpaired) electrons. The van der Waals surface area contributed by atoms with Crippen LogP contribution in [-0.4, -0.2) is 12.6 Å². The van der Waals surface area contributed by atoms with E-state index in [9.17, 15) is 0 Å². The minimum atomic E-state index is 0.673. The number of rotatable bonds is 7. The van der Waals surface area contributed by atoms with Crippen molar-refractivity contribution in [1.29, 1.82) is 0 Å². The summed E-state index contributed by atoms with van der Waals surface area (Å²) in [5.41, 5.74) is 1.42. The number of fused-ring (bicyclic) bond motifs is 2. The smallest absolute Gasteiger partial charge is 0.0571 e. The fraction of sp³-hybridized carbons (Fsp3) is 0.375. The van der Waals surface area contributed by atoms with E-state index in [0.29, 0.717) is 6.04 Å². The number of nitrogens with zero attached hydrogens (tertiary/aromatic N) is 1. The molecular formula is C32H35NS4. The molecule has 3 aromatic carbocycles. The van der Waals surface area contributed by atoms with Gasteiger partial charge in [-0.25, -0.2) is 0 Å². The topological polar surface area (TPSA) is 3.24 Å². The molecule has 0 N–H and O–H groups in total. The fourth-order valence-electron chi connectivity index (χ4n) is 6.22. The zero-order valence-electron chi connectivity index (χ0n) is 21.7. The first-order valence-corrected chi connectivity index (χ1v) is 17.3. The number of anilines is 1. The van der Waals surface area contributed by atoms with Crippen molar-refractivity contribution in [1.82, 2.24) is 0 Å². The van der Waals surface area contributed by atoms with Crippen molar-refractivity contribution < 1.29 is 0 Å². The van der Waals surface area contributed by atoms with E-state index in [4.69, 9.17) is 0 Å². The second-order valence-electron chi connectivity index (χ2n) is 10.3. The van der Waals surface area contributed by atoms with Crippen LogP contribution in [0.5, 0.6) is 0 Å². The molecule has 0 aliphatic carbocycles. The maximum atomic E-state index is 2.75. The molecule has 2 atom stereocenters. The van der Waals surface area contributed by atoms with E-state index in [1.165, 1.54) is 97.6 Å². The maximum Gasteiger partial charge on any atom is 0.0571 e. The zero-order valence-corrected chi connectivity index (χ0v) is 25.0. The summed E-state index contributed by atoms with van der Waals surface area (Å²) in [4.78, 5) is 2.75. The van der Waals surface area contributed by atoms with Gasteiger partial charge in [0.15, 0.2) is 0 Å². The number of hydrogen-bond acceptors (Lipinski definition) is 5. The van der Waals surface area contributed by atoms with Crippen molar-refractivity contribution >= 4 is 82.8 Å². The van der Waals surface area contributed by atoms with E-state index in [1.807, 2.05) is 47.0 Å². The van der Waals surface area contributed by atoms with Crippen LogP contribution in [-0.2, 0) is 0 Å². The van der Waals surface area contributed by atoms with Crippen molar-refractivity contribution in [2.75, 3.05) is 11.4 Å². The van der Waals surface area contributed by atoms with Gasteiger partial charge in [-0.3, -0.25) is 0 Å². The minimum Gasteiger partial charge on any atom is -0.369 e. The third-order valence-electron chi connectivity index (χ3n) is 8.08. The van der Waals surface area contributed by atoms with Gasteiger partial charge in [0.2, 0.25) is 0 Å². The predicted molar refractivity (Wildman–Crippen MR) is 174 cm³/mol. The molecule has 192 valence electrons. The molecule has 37 heavy (non-hydrogen) atoms. The molecule has 2 unspecified atom stereocenters. The van der Waals surface area contributed by atoms with E-state index in [0.717, 1.165) is 5.92 Å². The summed E-state index contributed by atoms with van der Waals surface area (Å²) >= 11 is 7.49. The van der Waals surface area contributed by atoms with Crippen LogP contribution in [0.3, 0.4) is 0 Å². The Labute approximate surface area is 238 Å². The number of unbranched alkanes of at least 4 members (excludes halogenated alkanes) is 1. The van der Waals surface area contributed by atoms with Crippen LogP contribution in [0.4, 0.5) is 5.69 Å². The molecule has 1 saturated heterocycles. The van der Waals surface area contributed by atoms with E-state index in [2.05, 4.69) is 82.8 Å². The van der Waals surface area contributed by atoms with Crippen molar-refractivity contribution in [3.05, 3.63) is 74.5 Å². The summed E-state index contributed by atoms with van der Waals surface area (Å²) in [5, 5.41) is 17.3. The normalized spacial score (nSPS) is 20.3. The Hall–Kier alpha value is -1.40. The van der Waals surface area contributed by atoms with Gasteiger partial charge in [0, 0.05) is 28.7 Å². The van der Waals surface area contributed by atoms with Gasteiger partial charge in [-0.2, -0.15) is 0 Å². The van der Waals surface area contributed by atoms with E-state index in [-0.39, 0.29) is 0 Å². The Morgan fingerprint density at radius 2 is 1.43 bits per heavy atom. The Morgan fingerprint density at radius 1 is 0.811 bits per heavy atom. The lowest BCUT2D eigenvalue weighted by Crippen LogP contribution is -2.31. The van der Waals surface area contributed by atoms with E-state index in [1.54, 1.807) is 0 Å². The van der Waals surface area contributed by atoms with Crippen LogP contribution in [0, 0.1) is 5.92 Å². The van der Waals surface area contributed by atoms with Crippen LogP contribution in [0.15, 0.2) is 64.1 Å². The molecular weight excluding hydrogens is 527 g/mol. The van der Waals surface area contributed by atoms with Crippen LogP contribution < -0.4 is 15.3 Å². The van der Waals surface area contributed by atoms with Crippen molar-refractivity contribution in [2.45, 2.75) is 64.8 Å². The standard InChI is InChI=1S/C32H35NS4/c1-3-5-9-22(4-2)20-23-10-8-15-33(23)24-13-14-27-28(21-24)30(32-36-18-19-37-32)26-12-7-6-11-25(26)29(27)31-34-16-17-35-31/h6-7,11-14,16-19,21-23H,3-5,8-10,15,20H2,1-2H3. The van der Waals surface area contributed by atoms with Gasteiger partial charge >= 0.3 is 0 Å². The third-order valence-corrected chi connectivity index (χ3v) is 12.3. The summed E-state index contributed by atoms with van der Waals surface area (Å²) in [6.45, 7) is 5.90. The zero-order chi connectivity index (χ0) is 25.2. The molecule has 1 nitrogen and oxygen atoms in total. The summed E-state index contributed by atoms with van der Waals surface area (Å²) in [5.74, 6) is 0.852. The maximum absolute atomic E-state index is 2.75. The van der Waals surface area contributed by atoms with Crippen LogP contribution in [0.25, 0.3) is 30.0 Å². The molecule has 0 aromatic heterocycles. The van der Waals surface area contributed by atoms with Gasteiger partial charge in [-0.1, -0.05) is 117 Å². The molecule has 0 saturated carbocycles. The molecule has 0 bridgehead atoms. The Bertz CT molecular complexity index is 1470. The van der Waals surface area contributed by atoms with Gasteiger partial charge in [0.1, 0.15) is 0 Å². The molecule has 3 heterocycles. The highest BCUT2D eigenvalue weighted by atomic mass is 32.2. The Kier molecular flexibility index (Phi) is 8.23. The lowest BCUT2D eigenvalue weighted by Gasteiger charge is -2.30. The molecule has 5 heteroatoms. The summed E-state index contributed by atoms with van der Waals surface area (Å²) in [6.07, 6.45) is 9.36. The first-order chi connectivity index (χ1) is 18.3. The lowest BCUT2D eigenvalue weighted by atomic mass is 9.91. The molecule has 0 spiro atoms. The molecule has 3 aliphatic rings. The third kappa shape index (κ3) is 5.14. The molecule has 3 aromatic rings. The molecule has 6 rings (SSSR count). The number of thioether (sulfide) groups is 4. The average Bonchev–Trinajstić information content (AvgIpc) is 3.73. The Balaban J connectivity index is 1.53. The number of benzene rings is 3. The summed E-state index contributed by atoms with van der Waals surface area (Å²) in [6, 6.07) is 17.1. The highest BCUT2D eigenvalue weighted by molar-refractivity contribution is 8.35. The van der Waals surface area contributed by atoms with Gasteiger partial charge in [0.05, 0.1) is 8.47 Å². The predicted octanol–water partition coefficient (Wildman–Crippen LogP) is 9.60. The first-order valence-electron chi connectivity index (χ1n) is 13.7. The highest BCUT2D eigenvalue weighted by Gasteiger charge is 2.27. The van der Waals surface area contributed by atoms with Crippen molar-refractivity contribution in [3.8, 4) is 0 Å².